The lowest BCUT2D eigenvalue weighted by Gasteiger charge is -2.29. The van der Waals surface area contributed by atoms with E-state index in [9.17, 15) is 9.50 Å². The molecule has 1 heterocycles. The molecule has 0 amide bonds. The minimum Gasteiger partial charge on any atom is -0.494 e. The number of rotatable bonds is 3. The van der Waals surface area contributed by atoms with Crippen LogP contribution in [0.1, 0.15) is 38.7 Å². The lowest BCUT2D eigenvalue weighted by molar-refractivity contribution is 0.0166. The van der Waals surface area contributed by atoms with E-state index in [0.717, 1.165) is 19.5 Å². The normalized spacial score (nSPS) is 24.7. The van der Waals surface area contributed by atoms with Crippen molar-refractivity contribution in [1.82, 2.24) is 4.90 Å². The van der Waals surface area contributed by atoms with E-state index in [1.165, 1.54) is 7.11 Å². The molecule has 0 spiro atoms. The topological polar surface area (TPSA) is 32.7 Å². The molecule has 1 fully saturated rings. The predicted molar refractivity (Wildman–Crippen MR) is 77.4 cm³/mol. The van der Waals surface area contributed by atoms with Gasteiger partial charge in [-0.2, -0.15) is 0 Å². The molecule has 112 valence electrons. The molecular formula is C16H24FNO2. The van der Waals surface area contributed by atoms with Crippen LogP contribution >= 0.6 is 0 Å². The summed E-state index contributed by atoms with van der Waals surface area (Å²) in [5.41, 5.74) is -0.732. The Hall–Kier alpha value is -1.13. The molecule has 4 heteroatoms. The maximum atomic E-state index is 14.4. The molecule has 3 nitrogen and oxygen atoms in total. The Bertz CT molecular complexity index is 464. The van der Waals surface area contributed by atoms with E-state index in [-0.39, 0.29) is 5.75 Å². The Balaban J connectivity index is 2.27. The van der Waals surface area contributed by atoms with Gasteiger partial charge in [-0.05, 0) is 45.7 Å². The van der Waals surface area contributed by atoms with E-state index in [1.54, 1.807) is 18.2 Å². The highest BCUT2D eigenvalue weighted by Crippen LogP contribution is 2.37. The maximum absolute atomic E-state index is 14.4. The maximum Gasteiger partial charge on any atom is 0.171 e. The number of hydrogen-bond donors (Lipinski definition) is 1. The number of methoxy groups -OCH3 is 1. The zero-order valence-corrected chi connectivity index (χ0v) is 12.5. The van der Waals surface area contributed by atoms with Gasteiger partial charge in [-0.15, -0.1) is 0 Å². The summed E-state index contributed by atoms with van der Waals surface area (Å²) >= 11 is 0. The van der Waals surface area contributed by atoms with Gasteiger partial charge in [0.05, 0.1) is 12.7 Å². The third-order valence-corrected chi connectivity index (χ3v) is 4.26. The van der Waals surface area contributed by atoms with E-state index in [1.807, 2.05) is 0 Å². The minimum atomic E-state index is -1.09. The summed E-state index contributed by atoms with van der Waals surface area (Å²) in [4.78, 5) is 2.33. The van der Waals surface area contributed by atoms with Crippen molar-refractivity contribution < 1.29 is 14.2 Å². The fraction of sp³-hybridized carbons (Fsp3) is 0.625. The third kappa shape index (κ3) is 2.96. The van der Waals surface area contributed by atoms with Crippen molar-refractivity contribution in [3.8, 4) is 5.75 Å². The number of nitrogens with zero attached hydrogens (tertiary/aromatic N) is 1. The second-order valence-corrected chi connectivity index (χ2v) is 5.84. The van der Waals surface area contributed by atoms with Crippen LogP contribution in [0.4, 0.5) is 4.39 Å². The average Bonchev–Trinajstić information content (AvgIpc) is 2.62. The van der Waals surface area contributed by atoms with E-state index < -0.39 is 11.4 Å². The molecule has 2 rings (SSSR count). The summed E-state index contributed by atoms with van der Waals surface area (Å²) in [6.45, 7) is 6.03. The molecule has 0 bridgehead atoms. The van der Waals surface area contributed by atoms with Crippen LogP contribution in [-0.4, -0.2) is 36.2 Å². The van der Waals surface area contributed by atoms with Gasteiger partial charge in [0, 0.05) is 18.2 Å². The van der Waals surface area contributed by atoms with Gasteiger partial charge in [0.15, 0.2) is 11.6 Å². The molecular weight excluding hydrogens is 257 g/mol. The molecule has 0 radical (unpaired) electrons. The highest BCUT2D eigenvalue weighted by Gasteiger charge is 2.35. The monoisotopic (exact) mass is 281 g/mol. The largest absolute Gasteiger partial charge is 0.494 e. The van der Waals surface area contributed by atoms with Gasteiger partial charge in [-0.25, -0.2) is 4.39 Å². The van der Waals surface area contributed by atoms with Crippen molar-refractivity contribution in [3.63, 3.8) is 0 Å². The fourth-order valence-corrected chi connectivity index (χ4v) is 2.95. The molecule has 1 aromatic carbocycles. The van der Waals surface area contributed by atoms with Gasteiger partial charge in [0.2, 0.25) is 0 Å². The van der Waals surface area contributed by atoms with Crippen molar-refractivity contribution >= 4 is 0 Å². The summed E-state index contributed by atoms with van der Waals surface area (Å²) in [7, 11) is 1.44. The number of halogens is 1. The second-order valence-electron chi connectivity index (χ2n) is 5.84. The predicted octanol–water partition coefficient (Wildman–Crippen LogP) is 2.92. The Labute approximate surface area is 120 Å². The Morgan fingerprint density at radius 3 is 2.70 bits per heavy atom. The molecule has 1 aliphatic rings. The van der Waals surface area contributed by atoms with Crippen LogP contribution < -0.4 is 4.74 Å². The zero-order chi connectivity index (χ0) is 14.8. The minimum absolute atomic E-state index is 0.195. The van der Waals surface area contributed by atoms with Crippen LogP contribution in [0.15, 0.2) is 18.2 Å². The van der Waals surface area contributed by atoms with Crippen LogP contribution in [0.5, 0.6) is 5.75 Å². The van der Waals surface area contributed by atoms with Crippen molar-refractivity contribution in [3.05, 3.63) is 29.6 Å². The molecule has 1 N–H and O–H groups in total. The van der Waals surface area contributed by atoms with Crippen LogP contribution in [0.25, 0.3) is 0 Å². The van der Waals surface area contributed by atoms with Crippen LogP contribution in [0.2, 0.25) is 0 Å². The van der Waals surface area contributed by atoms with Crippen molar-refractivity contribution in [2.24, 2.45) is 0 Å². The van der Waals surface area contributed by atoms with Crippen LogP contribution in [0, 0.1) is 5.82 Å². The molecule has 20 heavy (non-hydrogen) atoms. The Morgan fingerprint density at radius 1 is 1.30 bits per heavy atom. The molecule has 1 aliphatic heterocycles. The molecule has 0 aromatic heterocycles. The molecule has 1 aromatic rings. The van der Waals surface area contributed by atoms with Gasteiger partial charge >= 0.3 is 0 Å². The zero-order valence-electron chi connectivity index (χ0n) is 12.5. The molecule has 1 saturated heterocycles. The number of likely N-dealkylation sites (tertiary alicyclic amines) is 1. The van der Waals surface area contributed by atoms with E-state index in [2.05, 4.69) is 18.7 Å². The summed E-state index contributed by atoms with van der Waals surface area (Å²) in [6, 6.07) is 5.44. The highest BCUT2D eigenvalue weighted by molar-refractivity contribution is 5.35. The summed E-state index contributed by atoms with van der Waals surface area (Å²) in [5.74, 6) is -0.239. The van der Waals surface area contributed by atoms with Crippen molar-refractivity contribution in [2.45, 2.75) is 44.8 Å². The summed E-state index contributed by atoms with van der Waals surface area (Å²) in [5, 5.41) is 10.9. The van der Waals surface area contributed by atoms with E-state index in [0.29, 0.717) is 24.4 Å². The fourth-order valence-electron chi connectivity index (χ4n) is 2.95. The first kappa shape index (κ1) is 15.3. The quantitative estimate of drug-likeness (QED) is 0.924. The Kier molecular flexibility index (Phi) is 4.66. The highest BCUT2D eigenvalue weighted by atomic mass is 19.1. The number of benzene rings is 1. The lowest BCUT2D eigenvalue weighted by atomic mass is 9.86. The third-order valence-electron chi connectivity index (χ3n) is 4.26. The number of aliphatic hydroxyl groups is 1. The molecule has 0 saturated carbocycles. The van der Waals surface area contributed by atoms with Gasteiger partial charge in [-0.3, -0.25) is 0 Å². The van der Waals surface area contributed by atoms with Crippen molar-refractivity contribution in [2.75, 3.05) is 20.2 Å². The van der Waals surface area contributed by atoms with E-state index in [4.69, 9.17) is 4.74 Å². The molecule has 1 atom stereocenters. The van der Waals surface area contributed by atoms with Gasteiger partial charge < -0.3 is 14.7 Å². The Morgan fingerprint density at radius 2 is 2.05 bits per heavy atom. The van der Waals surface area contributed by atoms with Gasteiger partial charge in [0.25, 0.3) is 0 Å². The molecule has 1 unspecified atom stereocenters. The second kappa shape index (κ2) is 6.10. The first-order chi connectivity index (χ1) is 9.48. The van der Waals surface area contributed by atoms with E-state index >= 15 is 0 Å². The number of ether oxygens (including phenoxy) is 1. The average molecular weight is 281 g/mol. The SMILES string of the molecule is COc1cccc(C2(O)CCCN(C(C)C)CC2)c1F. The van der Waals surface area contributed by atoms with Crippen LogP contribution in [0.3, 0.4) is 0 Å². The molecule has 0 aliphatic carbocycles. The first-order valence-corrected chi connectivity index (χ1v) is 7.27. The van der Waals surface area contributed by atoms with Gasteiger partial charge in [-0.1, -0.05) is 12.1 Å². The standard InChI is InChI=1S/C16H24FNO2/c1-12(2)18-10-5-8-16(19,9-11-18)13-6-4-7-14(20-3)15(13)17/h4,6-7,12,19H,5,8-11H2,1-3H3. The number of hydrogen-bond acceptors (Lipinski definition) is 3. The van der Waals surface area contributed by atoms with Gasteiger partial charge in [0.1, 0.15) is 0 Å². The van der Waals surface area contributed by atoms with Crippen LogP contribution in [-0.2, 0) is 5.60 Å². The smallest absolute Gasteiger partial charge is 0.171 e. The summed E-state index contributed by atoms with van der Waals surface area (Å²) < 4.78 is 19.4. The summed E-state index contributed by atoms with van der Waals surface area (Å²) in [6.07, 6.45) is 2.00. The lowest BCUT2D eigenvalue weighted by Crippen LogP contribution is -2.33. The van der Waals surface area contributed by atoms with Crippen molar-refractivity contribution in [1.29, 1.82) is 0 Å². The first-order valence-electron chi connectivity index (χ1n) is 7.27.